The predicted octanol–water partition coefficient (Wildman–Crippen LogP) is 0.804. The zero-order valence-corrected chi connectivity index (χ0v) is 6.84. The number of allylic oxidation sites excluding steroid dienone is 3. The van der Waals surface area contributed by atoms with Gasteiger partial charge in [-0.1, -0.05) is 12.2 Å². The third-order valence-electron chi connectivity index (χ3n) is 3.13. The first-order chi connectivity index (χ1) is 5.86. The van der Waals surface area contributed by atoms with Crippen molar-refractivity contribution in [3.63, 3.8) is 0 Å². The third kappa shape index (κ3) is 0.661. The molecule has 0 spiro atoms. The summed E-state index contributed by atoms with van der Waals surface area (Å²) in [6.45, 7) is 1.10. The molecule has 3 aliphatic rings. The molecule has 2 aliphatic carbocycles. The van der Waals surface area contributed by atoms with Crippen LogP contribution in [0.15, 0.2) is 23.3 Å². The SMILES string of the molecule is O=C1CC=CC2=C1[C@@H]1NC[C@H]1C2. The van der Waals surface area contributed by atoms with Crippen molar-refractivity contribution < 1.29 is 4.79 Å². The summed E-state index contributed by atoms with van der Waals surface area (Å²) in [7, 11) is 0. The Hall–Kier alpha value is -0.890. The van der Waals surface area contributed by atoms with Gasteiger partial charge in [-0.3, -0.25) is 4.79 Å². The van der Waals surface area contributed by atoms with E-state index in [1.807, 2.05) is 6.08 Å². The highest BCUT2D eigenvalue weighted by Gasteiger charge is 2.43. The summed E-state index contributed by atoms with van der Waals surface area (Å²) in [5, 5.41) is 3.32. The van der Waals surface area contributed by atoms with E-state index in [0.717, 1.165) is 24.5 Å². The Morgan fingerprint density at radius 3 is 3.17 bits per heavy atom. The van der Waals surface area contributed by atoms with Crippen LogP contribution in [0.2, 0.25) is 0 Å². The molecule has 0 aromatic rings. The summed E-state index contributed by atoms with van der Waals surface area (Å²) >= 11 is 0. The Labute approximate surface area is 71.3 Å². The average molecular weight is 161 g/mol. The highest BCUT2D eigenvalue weighted by Crippen LogP contribution is 2.39. The van der Waals surface area contributed by atoms with E-state index in [9.17, 15) is 4.79 Å². The number of fused-ring (bicyclic) bond motifs is 2. The Bertz CT molecular complexity index is 314. The van der Waals surface area contributed by atoms with Crippen LogP contribution in [0.5, 0.6) is 0 Å². The summed E-state index contributed by atoms with van der Waals surface area (Å²) < 4.78 is 0. The van der Waals surface area contributed by atoms with Gasteiger partial charge in [-0.25, -0.2) is 0 Å². The van der Waals surface area contributed by atoms with Gasteiger partial charge in [-0.15, -0.1) is 0 Å². The molecule has 12 heavy (non-hydrogen) atoms. The molecule has 0 radical (unpaired) electrons. The molecule has 3 rings (SSSR count). The Kier molecular flexibility index (Phi) is 1.14. The second-order valence-corrected chi connectivity index (χ2v) is 3.82. The second kappa shape index (κ2) is 2.07. The van der Waals surface area contributed by atoms with Crippen molar-refractivity contribution in [2.24, 2.45) is 5.92 Å². The summed E-state index contributed by atoms with van der Waals surface area (Å²) in [6, 6.07) is 0.414. The van der Waals surface area contributed by atoms with E-state index in [0.29, 0.717) is 18.2 Å². The number of Topliss-reactive ketones (excluding diaryl/α,β-unsaturated/α-hetero) is 1. The molecule has 0 unspecified atom stereocenters. The van der Waals surface area contributed by atoms with Crippen LogP contribution in [0.4, 0.5) is 0 Å². The van der Waals surface area contributed by atoms with E-state index in [4.69, 9.17) is 0 Å². The quantitative estimate of drug-likeness (QED) is 0.569. The van der Waals surface area contributed by atoms with E-state index in [1.165, 1.54) is 5.57 Å². The Morgan fingerprint density at radius 2 is 2.42 bits per heavy atom. The largest absolute Gasteiger partial charge is 0.309 e. The Morgan fingerprint density at radius 1 is 1.50 bits per heavy atom. The number of carbonyl (C=O) groups excluding carboxylic acids is 1. The van der Waals surface area contributed by atoms with Crippen LogP contribution in [-0.4, -0.2) is 18.4 Å². The highest BCUT2D eigenvalue weighted by molar-refractivity contribution is 6.00. The third-order valence-corrected chi connectivity index (χ3v) is 3.13. The minimum absolute atomic E-state index is 0.340. The fraction of sp³-hybridized carbons (Fsp3) is 0.500. The molecule has 0 aromatic carbocycles. The lowest BCUT2D eigenvalue weighted by Crippen LogP contribution is -2.52. The highest BCUT2D eigenvalue weighted by atomic mass is 16.1. The zero-order chi connectivity index (χ0) is 8.13. The monoisotopic (exact) mass is 161 g/mol. The first-order valence-corrected chi connectivity index (χ1v) is 4.52. The number of carbonyl (C=O) groups is 1. The van der Waals surface area contributed by atoms with Gasteiger partial charge in [0.15, 0.2) is 5.78 Å². The molecule has 1 N–H and O–H groups in total. The molecular formula is C10H11NO. The van der Waals surface area contributed by atoms with Crippen LogP contribution in [0.1, 0.15) is 12.8 Å². The zero-order valence-electron chi connectivity index (χ0n) is 6.84. The predicted molar refractivity (Wildman–Crippen MR) is 45.7 cm³/mol. The number of nitrogens with one attached hydrogen (secondary N) is 1. The molecule has 1 heterocycles. The molecule has 1 saturated heterocycles. The summed E-state index contributed by atoms with van der Waals surface area (Å²) in [5.41, 5.74) is 2.39. The Balaban J connectivity index is 2.05. The van der Waals surface area contributed by atoms with Crippen molar-refractivity contribution >= 4 is 5.78 Å². The number of hydrogen-bond acceptors (Lipinski definition) is 2. The first-order valence-electron chi connectivity index (χ1n) is 4.52. The molecule has 1 aliphatic heterocycles. The van der Waals surface area contributed by atoms with Gasteiger partial charge in [0.2, 0.25) is 0 Å². The minimum Gasteiger partial charge on any atom is -0.309 e. The van der Waals surface area contributed by atoms with Crippen LogP contribution >= 0.6 is 0 Å². The number of rotatable bonds is 0. The average Bonchev–Trinajstić information content (AvgIpc) is 2.26. The molecule has 62 valence electrons. The van der Waals surface area contributed by atoms with Gasteiger partial charge in [0.05, 0.1) is 0 Å². The van der Waals surface area contributed by atoms with Crippen LogP contribution in [0.25, 0.3) is 0 Å². The van der Waals surface area contributed by atoms with Crippen molar-refractivity contribution in [1.29, 1.82) is 0 Å². The van der Waals surface area contributed by atoms with E-state index in [1.54, 1.807) is 0 Å². The summed E-state index contributed by atoms with van der Waals surface area (Å²) in [6.07, 6.45) is 5.86. The van der Waals surface area contributed by atoms with Gasteiger partial charge in [-0.05, 0) is 17.9 Å². The standard InChI is InChI=1S/C10H11NO/c12-8-3-1-2-6-4-7-5-11-10(7)9(6)8/h1-2,7,10-11H,3-5H2/t7-,10-/m1/s1. The number of ketones is 1. The van der Waals surface area contributed by atoms with Crippen molar-refractivity contribution in [2.45, 2.75) is 18.9 Å². The van der Waals surface area contributed by atoms with Crippen LogP contribution in [0, 0.1) is 5.92 Å². The summed E-state index contributed by atoms with van der Waals surface area (Å²) in [4.78, 5) is 11.5. The van der Waals surface area contributed by atoms with E-state index >= 15 is 0 Å². The topological polar surface area (TPSA) is 29.1 Å². The van der Waals surface area contributed by atoms with Gasteiger partial charge >= 0.3 is 0 Å². The number of hydrogen-bond donors (Lipinski definition) is 1. The molecule has 2 heteroatoms. The van der Waals surface area contributed by atoms with Gasteiger partial charge < -0.3 is 5.32 Å². The summed E-state index contributed by atoms with van der Waals surface area (Å²) in [5.74, 6) is 1.06. The molecule has 0 amide bonds. The molecule has 1 fully saturated rings. The van der Waals surface area contributed by atoms with Gasteiger partial charge in [0.1, 0.15) is 0 Å². The van der Waals surface area contributed by atoms with Crippen molar-refractivity contribution in [1.82, 2.24) is 5.32 Å². The van der Waals surface area contributed by atoms with Crippen molar-refractivity contribution in [3.05, 3.63) is 23.3 Å². The minimum atomic E-state index is 0.340. The molecule has 2 nitrogen and oxygen atoms in total. The molecule has 0 aromatic heterocycles. The first kappa shape index (κ1) is 6.61. The maximum atomic E-state index is 11.5. The van der Waals surface area contributed by atoms with Gasteiger partial charge in [0, 0.05) is 24.6 Å². The molecular weight excluding hydrogens is 150 g/mol. The van der Waals surface area contributed by atoms with Crippen LogP contribution in [0.3, 0.4) is 0 Å². The molecule has 0 saturated carbocycles. The van der Waals surface area contributed by atoms with Crippen molar-refractivity contribution in [2.75, 3.05) is 6.54 Å². The van der Waals surface area contributed by atoms with Gasteiger partial charge in [0.25, 0.3) is 0 Å². The molecule has 2 atom stereocenters. The van der Waals surface area contributed by atoms with Crippen molar-refractivity contribution in [3.8, 4) is 0 Å². The second-order valence-electron chi connectivity index (χ2n) is 3.82. The lowest BCUT2D eigenvalue weighted by atomic mass is 9.89. The van der Waals surface area contributed by atoms with E-state index in [2.05, 4.69) is 11.4 Å². The maximum Gasteiger partial charge on any atom is 0.164 e. The fourth-order valence-electron chi connectivity index (χ4n) is 2.45. The van der Waals surface area contributed by atoms with E-state index < -0.39 is 0 Å². The van der Waals surface area contributed by atoms with E-state index in [-0.39, 0.29) is 0 Å². The molecule has 0 bridgehead atoms. The van der Waals surface area contributed by atoms with Crippen LogP contribution in [-0.2, 0) is 4.79 Å². The lowest BCUT2D eigenvalue weighted by molar-refractivity contribution is -0.115. The fourth-order valence-corrected chi connectivity index (χ4v) is 2.45. The lowest BCUT2D eigenvalue weighted by Gasteiger charge is -2.33. The van der Waals surface area contributed by atoms with Crippen LogP contribution < -0.4 is 5.32 Å². The normalized spacial score (nSPS) is 37.8. The smallest absolute Gasteiger partial charge is 0.164 e. The maximum absolute atomic E-state index is 11.5. The van der Waals surface area contributed by atoms with Gasteiger partial charge in [-0.2, -0.15) is 0 Å².